The summed E-state index contributed by atoms with van der Waals surface area (Å²) in [6, 6.07) is 12.7. The number of aromatic nitrogens is 1. The van der Waals surface area contributed by atoms with Gasteiger partial charge in [0.1, 0.15) is 6.54 Å². The third-order valence-electron chi connectivity index (χ3n) is 5.87. The van der Waals surface area contributed by atoms with Gasteiger partial charge in [-0.3, -0.25) is 14.4 Å². The maximum atomic E-state index is 12.8. The summed E-state index contributed by atoms with van der Waals surface area (Å²) in [6.07, 6.45) is 0. The van der Waals surface area contributed by atoms with Gasteiger partial charge in [0.15, 0.2) is 18.1 Å². The highest BCUT2D eigenvalue weighted by atomic mass is 16.7. The third-order valence-corrected chi connectivity index (χ3v) is 5.87. The van der Waals surface area contributed by atoms with E-state index in [2.05, 4.69) is 18.3 Å². The highest BCUT2D eigenvalue weighted by molar-refractivity contribution is 6.00. The van der Waals surface area contributed by atoms with E-state index in [1.807, 2.05) is 37.5 Å². The second-order valence-corrected chi connectivity index (χ2v) is 8.22. The number of amides is 1. The predicted octanol–water partition coefficient (Wildman–Crippen LogP) is 3.60. The second-order valence-electron chi connectivity index (χ2n) is 8.22. The van der Waals surface area contributed by atoms with Gasteiger partial charge in [-0.15, -0.1) is 0 Å². The maximum Gasteiger partial charge on any atom is 0.325 e. The number of ketones is 1. The Balaban J connectivity index is 1.34. The summed E-state index contributed by atoms with van der Waals surface area (Å²) in [4.78, 5) is 37.2. The van der Waals surface area contributed by atoms with Gasteiger partial charge in [-0.05, 0) is 75.2 Å². The molecule has 1 aromatic heterocycles. The van der Waals surface area contributed by atoms with Crippen LogP contribution in [0, 0.1) is 27.7 Å². The summed E-state index contributed by atoms with van der Waals surface area (Å²) >= 11 is 0. The number of carbonyl (C=O) groups is 3. The fourth-order valence-electron chi connectivity index (χ4n) is 3.87. The molecular weight excluding hydrogens is 436 g/mol. The Hall–Kier alpha value is -4.07. The van der Waals surface area contributed by atoms with Gasteiger partial charge in [-0.2, -0.15) is 0 Å². The molecule has 0 radical (unpaired) electrons. The number of carbonyl (C=O) groups excluding carboxylic acids is 3. The van der Waals surface area contributed by atoms with Crippen molar-refractivity contribution in [1.29, 1.82) is 0 Å². The first-order chi connectivity index (χ1) is 16.2. The van der Waals surface area contributed by atoms with Crippen LogP contribution in [0.3, 0.4) is 0 Å². The molecule has 1 N–H and O–H groups in total. The molecule has 0 atom stereocenters. The summed E-state index contributed by atoms with van der Waals surface area (Å²) < 4.78 is 17.6. The maximum absolute atomic E-state index is 12.8. The molecule has 0 unspecified atom stereocenters. The average molecular weight is 463 g/mol. The van der Waals surface area contributed by atoms with Crippen molar-refractivity contribution < 1.29 is 28.6 Å². The zero-order chi connectivity index (χ0) is 24.4. The zero-order valence-electron chi connectivity index (χ0n) is 19.6. The number of nitrogens with zero attached hydrogens (tertiary/aromatic N) is 1. The number of hydrogen-bond donors (Lipinski definition) is 1. The molecule has 0 saturated carbocycles. The molecule has 0 fully saturated rings. The molecule has 0 saturated heterocycles. The molecule has 1 amide bonds. The van der Waals surface area contributed by atoms with Crippen LogP contribution in [0.1, 0.15) is 43.2 Å². The van der Waals surface area contributed by atoms with Gasteiger partial charge < -0.3 is 24.1 Å². The summed E-state index contributed by atoms with van der Waals surface area (Å²) in [6.45, 7) is 7.23. The fourth-order valence-corrected chi connectivity index (χ4v) is 3.87. The van der Waals surface area contributed by atoms with Crippen molar-refractivity contribution in [2.24, 2.45) is 0 Å². The molecule has 0 aliphatic carbocycles. The Kier molecular flexibility index (Phi) is 6.40. The Morgan fingerprint density at radius 3 is 2.47 bits per heavy atom. The monoisotopic (exact) mass is 462 g/mol. The van der Waals surface area contributed by atoms with Crippen molar-refractivity contribution in [3.8, 4) is 17.2 Å². The minimum absolute atomic E-state index is 0.105. The van der Waals surface area contributed by atoms with Gasteiger partial charge in [0.25, 0.3) is 5.91 Å². The molecule has 2 heterocycles. The molecule has 34 heavy (non-hydrogen) atoms. The molecular formula is C26H26N2O6. The van der Waals surface area contributed by atoms with Crippen molar-refractivity contribution in [3.63, 3.8) is 0 Å². The molecule has 8 heteroatoms. The van der Waals surface area contributed by atoms with E-state index in [4.69, 9.17) is 14.2 Å². The SMILES string of the molecule is Cc1ccc(-n2c(C)cc(C(=O)COC(=O)CNC(=O)c3ccc4c(c3)OCO4)c2C)cc1C. The minimum Gasteiger partial charge on any atom is -0.456 e. The van der Waals surface area contributed by atoms with Gasteiger partial charge in [0.05, 0.1) is 0 Å². The zero-order valence-corrected chi connectivity index (χ0v) is 19.6. The van der Waals surface area contributed by atoms with E-state index in [1.165, 1.54) is 11.6 Å². The first-order valence-electron chi connectivity index (χ1n) is 10.9. The van der Waals surface area contributed by atoms with Crippen LogP contribution in [-0.2, 0) is 9.53 Å². The Bertz CT molecular complexity index is 1290. The highest BCUT2D eigenvalue weighted by Gasteiger charge is 2.20. The standard InChI is InChI=1S/C26H26N2O6/c1-15-5-7-20(9-16(15)2)28-17(3)10-21(18(28)4)22(29)13-32-25(30)12-27-26(31)19-6-8-23-24(11-19)34-14-33-23/h5-11H,12-14H2,1-4H3,(H,27,31). The first kappa shape index (κ1) is 23.1. The molecule has 8 nitrogen and oxygen atoms in total. The lowest BCUT2D eigenvalue weighted by atomic mass is 10.1. The molecule has 0 spiro atoms. The lowest BCUT2D eigenvalue weighted by molar-refractivity contribution is -0.141. The van der Waals surface area contributed by atoms with Crippen LogP contribution in [0.25, 0.3) is 5.69 Å². The molecule has 1 aliphatic heterocycles. The number of nitrogens with one attached hydrogen (secondary N) is 1. The number of Topliss-reactive ketones (excluding diaryl/α,β-unsaturated/α-hetero) is 1. The van der Waals surface area contributed by atoms with E-state index in [9.17, 15) is 14.4 Å². The van der Waals surface area contributed by atoms with E-state index in [-0.39, 0.29) is 19.1 Å². The smallest absolute Gasteiger partial charge is 0.325 e. The fraction of sp³-hybridized carbons (Fsp3) is 0.269. The van der Waals surface area contributed by atoms with Gasteiger partial charge in [0, 0.05) is 28.2 Å². The molecule has 4 rings (SSSR count). The Morgan fingerprint density at radius 2 is 1.71 bits per heavy atom. The molecule has 3 aromatic rings. The van der Waals surface area contributed by atoms with Crippen LogP contribution in [0.15, 0.2) is 42.5 Å². The summed E-state index contributed by atoms with van der Waals surface area (Å²) in [7, 11) is 0. The van der Waals surface area contributed by atoms with Crippen molar-refractivity contribution in [2.75, 3.05) is 19.9 Å². The molecule has 0 bridgehead atoms. The van der Waals surface area contributed by atoms with Crippen LogP contribution < -0.4 is 14.8 Å². The van der Waals surface area contributed by atoms with Crippen LogP contribution in [0.4, 0.5) is 0 Å². The molecule has 1 aliphatic rings. The largest absolute Gasteiger partial charge is 0.456 e. The topological polar surface area (TPSA) is 95.9 Å². The van der Waals surface area contributed by atoms with Crippen molar-refractivity contribution >= 4 is 17.7 Å². The van der Waals surface area contributed by atoms with Crippen LogP contribution in [-0.4, -0.2) is 42.2 Å². The molecule has 2 aromatic carbocycles. The Morgan fingerprint density at radius 1 is 0.941 bits per heavy atom. The van der Waals surface area contributed by atoms with Crippen molar-refractivity contribution in [1.82, 2.24) is 9.88 Å². The summed E-state index contributed by atoms with van der Waals surface area (Å²) in [5.74, 6) is -0.437. The number of fused-ring (bicyclic) bond motifs is 1. The van der Waals surface area contributed by atoms with Crippen LogP contribution in [0.2, 0.25) is 0 Å². The van der Waals surface area contributed by atoms with Gasteiger partial charge in [-0.25, -0.2) is 0 Å². The summed E-state index contributed by atoms with van der Waals surface area (Å²) in [5.41, 5.74) is 5.83. The Labute approximate surface area is 197 Å². The normalized spacial score (nSPS) is 11.9. The third kappa shape index (κ3) is 4.66. The van der Waals surface area contributed by atoms with E-state index < -0.39 is 18.5 Å². The number of rotatable bonds is 7. The van der Waals surface area contributed by atoms with Gasteiger partial charge in [-0.1, -0.05) is 6.07 Å². The van der Waals surface area contributed by atoms with E-state index >= 15 is 0 Å². The number of hydrogen-bond acceptors (Lipinski definition) is 6. The van der Waals surface area contributed by atoms with E-state index in [1.54, 1.807) is 18.2 Å². The number of aryl methyl sites for hydroxylation is 3. The lowest BCUT2D eigenvalue weighted by Crippen LogP contribution is -2.31. The van der Waals surface area contributed by atoms with Crippen molar-refractivity contribution in [2.45, 2.75) is 27.7 Å². The molecule has 176 valence electrons. The average Bonchev–Trinajstić information content (AvgIpc) is 3.41. The predicted molar refractivity (Wildman–Crippen MR) is 125 cm³/mol. The van der Waals surface area contributed by atoms with Crippen molar-refractivity contribution in [3.05, 3.63) is 76.1 Å². The van der Waals surface area contributed by atoms with Crippen LogP contribution >= 0.6 is 0 Å². The summed E-state index contributed by atoms with van der Waals surface area (Å²) in [5, 5.41) is 2.48. The second kappa shape index (κ2) is 9.43. The van der Waals surface area contributed by atoms with Crippen LogP contribution in [0.5, 0.6) is 11.5 Å². The van der Waals surface area contributed by atoms with E-state index in [0.717, 1.165) is 22.6 Å². The lowest BCUT2D eigenvalue weighted by Gasteiger charge is -2.12. The van der Waals surface area contributed by atoms with E-state index in [0.29, 0.717) is 22.6 Å². The minimum atomic E-state index is -0.703. The number of benzene rings is 2. The van der Waals surface area contributed by atoms with Gasteiger partial charge in [0.2, 0.25) is 12.6 Å². The first-order valence-corrected chi connectivity index (χ1v) is 10.9. The number of esters is 1. The highest BCUT2D eigenvalue weighted by Crippen LogP contribution is 2.32. The quantitative estimate of drug-likeness (QED) is 0.426. The number of ether oxygens (including phenoxy) is 3. The van der Waals surface area contributed by atoms with Gasteiger partial charge >= 0.3 is 5.97 Å².